The first-order valence-corrected chi connectivity index (χ1v) is 7.51. The lowest BCUT2D eigenvalue weighted by Crippen LogP contribution is -2.28. The zero-order valence-corrected chi connectivity index (χ0v) is 12.6. The summed E-state index contributed by atoms with van der Waals surface area (Å²) in [5, 5.41) is 3.34. The largest absolute Gasteiger partial charge is 0.385 e. The summed E-state index contributed by atoms with van der Waals surface area (Å²) >= 11 is 0. The monoisotopic (exact) mass is 298 g/mol. The van der Waals surface area contributed by atoms with Crippen molar-refractivity contribution in [2.24, 2.45) is 0 Å². The lowest BCUT2D eigenvalue weighted by molar-refractivity contribution is 0.0784. The van der Waals surface area contributed by atoms with Crippen molar-refractivity contribution in [1.29, 1.82) is 0 Å². The molecule has 0 saturated carbocycles. The average Bonchev–Trinajstić information content (AvgIpc) is 2.55. The van der Waals surface area contributed by atoms with Crippen molar-refractivity contribution in [3.8, 4) is 0 Å². The molecule has 1 aliphatic rings. The number of fused-ring (bicyclic) bond motifs is 1. The highest BCUT2D eigenvalue weighted by molar-refractivity contribution is 5.97. The lowest BCUT2D eigenvalue weighted by atomic mass is 9.97. The molecule has 0 fully saturated rings. The summed E-state index contributed by atoms with van der Waals surface area (Å²) in [6.07, 6.45) is 1.97. The Labute approximate surface area is 129 Å². The number of nitrogens with one attached hydrogen (secondary N) is 1. The molecule has 3 nitrogen and oxygen atoms in total. The van der Waals surface area contributed by atoms with E-state index in [1.54, 1.807) is 24.1 Å². The summed E-state index contributed by atoms with van der Waals surface area (Å²) in [5.41, 5.74) is 3.84. The van der Waals surface area contributed by atoms with Gasteiger partial charge in [0, 0.05) is 31.4 Å². The molecule has 0 saturated heterocycles. The molecule has 1 aliphatic heterocycles. The van der Waals surface area contributed by atoms with Crippen LogP contribution in [0.1, 0.15) is 27.9 Å². The number of rotatable bonds is 3. The maximum atomic E-state index is 12.9. The van der Waals surface area contributed by atoms with Crippen molar-refractivity contribution in [3.63, 3.8) is 0 Å². The van der Waals surface area contributed by atoms with Gasteiger partial charge in [-0.05, 0) is 48.2 Å². The van der Waals surface area contributed by atoms with E-state index >= 15 is 0 Å². The lowest BCUT2D eigenvalue weighted by Gasteiger charge is -2.23. The molecule has 0 radical (unpaired) electrons. The van der Waals surface area contributed by atoms with Crippen LogP contribution >= 0.6 is 0 Å². The smallest absolute Gasteiger partial charge is 0.254 e. The molecule has 0 spiro atoms. The van der Waals surface area contributed by atoms with E-state index in [1.807, 2.05) is 18.2 Å². The molecule has 22 heavy (non-hydrogen) atoms. The van der Waals surface area contributed by atoms with Gasteiger partial charge in [-0.25, -0.2) is 4.39 Å². The Balaban J connectivity index is 1.80. The quantitative estimate of drug-likeness (QED) is 0.941. The number of hydrogen-bond donors (Lipinski definition) is 1. The van der Waals surface area contributed by atoms with E-state index in [9.17, 15) is 9.18 Å². The van der Waals surface area contributed by atoms with Gasteiger partial charge < -0.3 is 10.2 Å². The molecule has 3 rings (SSSR count). The number of carbonyl (C=O) groups excluding carboxylic acids is 1. The second-order valence-corrected chi connectivity index (χ2v) is 5.65. The maximum Gasteiger partial charge on any atom is 0.254 e. The summed E-state index contributed by atoms with van der Waals surface area (Å²) in [5.74, 6) is -0.259. The van der Waals surface area contributed by atoms with Crippen molar-refractivity contribution in [2.75, 3.05) is 18.9 Å². The van der Waals surface area contributed by atoms with Gasteiger partial charge in [0.25, 0.3) is 5.91 Å². The molecular weight excluding hydrogens is 279 g/mol. The van der Waals surface area contributed by atoms with Gasteiger partial charge in [-0.3, -0.25) is 4.79 Å². The summed E-state index contributed by atoms with van der Waals surface area (Å²) in [7, 11) is 1.78. The van der Waals surface area contributed by atoms with Crippen molar-refractivity contribution >= 4 is 11.6 Å². The van der Waals surface area contributed by atoms with Gasteiger partial charge in [0.2, 0.25) is 0 Å². The number of halogens is 1. The molecule has 2 aromatic carbocycles. The molecule has 0 bridgehead atoms. The van der Waals surface area contributed by atoms with E-state index in [1.165, 1.54) is 12.1 Å². The number of amides is 1. The van der Waals surface area contributed by atoms with Gasteiger partial charge in [-0.2, -0.15) is 0 Å². The first kappa shape index (κ1) is 14.6. The highest BCUT2D eigenvalue weighted by Gasteiger charge is 2.20. The normalized spacial score (nSPS) is 13.2. The third-order valence-corrected chi connectivity index (χ3v) is 4.01. The average molecular weight is 298 g/mol. The van der Waals surface area contributed by atoms with Crippen LogP contribution in [0.3, 0.4) is 0 Å². The third-order valence-electron chi connectivity index (χ3n) is 4.01. The number of benzene rings is 2. The molecule has 0 aromatic heterocycles. The summed E-state index contributed by atoms with van der Waals surface area (Å²) < 4.78 is 12.9. The molecule has 1 N–H and O–H groups in total. The number of hydrogen-bond acceptors (Lipinski definition) is 2. The number of carbonyl (C=O) groups is 1. The van der Waals surface area contributed by atoms with Crippen molar-refractivity contribution in [1.82, 2.24) is 4.90 Å². The predicted molar refractivity (Wildman–Crippen MR) is 85.5 cm³/mol. The number of anilines is 1. The van der Waals surface area contributed by atoms with Crippen LogP contribution in [-0.4, -0.2) is 24.4 Å². The zero-order valence-electron chi connectivity index (χ0n) is 12.6. The van der Waals surface area contributed by atoms with Crippen molar-refractivity contribution in [2.45, 2.75) is 19.4 Å². The van der Waals surface area contributed by atoms with Crippen LogP contribution in [0.15, 0.2) is 42.5 Å². The van der Waals surface area contributed by atoms with Gasteiger partial charge in [-0.1, -0.05) is 18.2 Å². The van der Waals surface area contributed by atoms with Gasteiger partial charge in [0.15, 0.2) is 0 Å². The highest BCUT2D eigenvalue weighted by atomic mass is 19.1. The molecule has 0 atom stereocenters. The molecule has 1 amide bonds. The first-order chi connectivity index (χ1) is 10.6. The van der Waals surface area contributed by atoms with Crippen LogP contribution in [0.2, 0.25) is 0 Å². The fourth-order valence-electron chi connectivity index (χ4n) is 2.85. The summed E-state index contributed by atoms with van der Waals surface area (Å²) in [6, 6.07) is 12.1. The maximum absolute atomic E-state index is 12.9. The van der Waals surface area contributed by atoms with Gasteiger partial charge >= 0.3 is 0 Å². The van der Waals surface area contributed by atoms with Crippen molar-refractivity contribution in [3.05, 3.63) is 65.0 Å². The van der Waals surface area contributed by atoms with Gasteiger partial charge in [-0.15, -0.1) is 0 Å². The van der Waals surface area contributed by atoms with Crippen molar-refractivity contribution < 1.29 is 9.18 Å². The summed E-state index contributed by atoms with van der Waals surface area (Å²) in [4.78, 5) is 14.4. The standard InChI is InChI=1S/C18H19FN2O/c1-21(12-13-7-9-14(19)10-8-13)18(22)16-4-2-6-17-15(16)5-3-11-20-17/h2,4,6-10,20H,3,5,11-12H2,1H3. The SMILES string of the molecule is CN(Cc1ccc(F)cc1)C(=O)c1cccc2c1CCCN2. The molecule has 2 aromatic rings. The Morgan fingerprint density at radius 1 is 1.23 bits per heavy atom. The highest BCUT2D eigenvalue weighted by Crippen LogP contribution is 2.26. The second kappa shape index (κ2) is 6.18. The van der Waals surface area contributed by atoms with Gasteiger partial charge in [0.05, 0.1) is 0 Å². The van der Waals surface area contributed by atoms with Gasteiger partial charge in [0.1, 0.15) is 5.82 Å². The molecule has 114 valence electrons. The van der Waals surface area contributed by atoms with E-state index < -0.39 is 0 Å². The minimum atomic E-state index is -0.263. The zero-order chi connectivity index (χ0) is 15.5. The fraction of sp³-hybridized carbons (Fsp3) is 0.278. The summed E-state index contributed by atoms with van der Waals surface area (Å²) in [6.45, 7) is 1.42. The topological polar surface area (TPSA) is 32.3 Å². The Morgan fingerprint density at radius 3 is 2.77 bits per heavy atom. The second-order valence-electron chi connectivity index (χ2n) is 5.65. The Bertz CT molecular complexity index is 682. The van der Waals surface area contributed by atoms with Crippen LogP contribution in [0.4, 0.5) is 10.1 Å². The molecule has 0 unspecified atom stereocenters. The third kappa shape index (κ3) is 2.96. The Hall–Kier alpha value is -2.36. The van der Waals surface area contributed by atoms with Crippen LogP contribution < -0.4 is 5.32 Å². The first-order valence-electron chi connectivity index (χ1n) is 7.51. The fourth-order valence-corrected chi connectivity index (χ4v) is 2.85. The van der Waals surface area contributed by atoms with Crippen LogP contribution in [0.25, 0.3) is 0 Å². The van der Waals surface area contributed by atoms with E-state index in [0.717, 1.165) is 41.8 Å². The Morgan fingerprint density at radius 2 is 2.00 bits per heavy atom. The number of nitrogens with zero attached hydrogens (tertiary/aromatic N) is 1. The molecular formula is C18H19FN2O. The molecule has 0 aliphatic carbocycles. The van der Waals surface area contributed by atoms with E-state index in [0.29, 0.717) is 6.54 Å². The minimum Gasteiger partial charge on any atom is -0.385 e. The van der Waals surface area contributed by atoms with Crippen LogP contribution in [0, 0.1) is 5.82 Å². The predicted octanol–water partition coefficient (Wildman–Crippen LogP) is 3.46. The minimum absolute atomic E-state index is 0.00451. The Kier molecular flexibility index (Phi) is 4.09. The van der Waals surface area contributed by atoms with E-state index in [4.69, 9.17) is 0 Å². The molecule has 1 heterocycles. The van der Waals surface area contributed by atoms with E-state index in [-0.39, 0.29) is 11.7 Å². The molecule has 4 heteroatoms. The van der Waals surface area contributed by atoms with Crippen LogP contribution in [-0.2, 0) is 13.0 Å². The van der Waals surface area contributed by atoms with Crippen LogP contribution in [0.5, 0.6) is 0 Å². The van der Waals surface area contributed by atoms with E-state index in [2.05, 4.69) is 5.32 Å².